The molecular weight excluding hydrogens is 198 g/mol. The molecule has 0 amide bonds. The Morgan fingerprint density at radius 1 is 1.20 bits per heavy atom. The minimum atomic E-state index is -0.656. The summed E-state index contributed by atoms with van der Waals surface area (Å²) < 4.78 is 26.0. The van der Waals surface area contributed by atoms with E-state index in [9.17, 15) is 13.6 Å². The zero-order valence-electron chi connectivity index (χ0n) is 9.05. The van der Waals surface area contributed by atoms with Crippen molar-refractivity contribution in [2.45, 2.75) is 26.7 Å². The highest BCUT2D eigenvalue weighted by Crippen LogP contribution is 2.23. The molecule has 0 aliphatic rings. The van der Waals surface area contributed by atoms with Crippen LogP contribution in [0.2, 0.25) is 0 Å². The molecule has 0 aliphatic heterocycles. The van der Waals surface area contributed by atoms with Crippen LogP contribution in [0.4, 0.5) is 8.78 Å². The molecule has 0 fully saturated rings. The van der Waals surface area contributed by atoms with E-state index >= 15 is 0 Å². The van der Waals surface area contributed by atoms with Crippen LogP contribution in [-0.4, -0.2) is 5.78 Å². The van der Waals surface area contributed by atoms with E-state index < -0.39 is 17.6 Å². The number of ketones is 1. The molecule has 1 unspecified atom stereocenters. The van der Waals surface area contributed by atoms with Crippen molar-refractivity contribution in [3.63, 3.8) is 0 Å². The molecule has 0 saturated carbocycles. The van der Waals surface area contributed by atoms with Gasteiger partial charge in [0, 0.05) is 17.9 Å². The lowest BCUT2D eigenvalue weighted by atomic mass is 9.90. The summed E-state index contributed by atoms with van der Waals surface area (Å²) in [6.07, 6.45) is 0. The summed E-state index contributed by atoms with van der Waals surface area (Å²) in [5.74, 6) is -1.99. The molecule has 0 heterocycles. The van der Waals surface area contributed by atoms with E-state index in [1.54, 1.807) is 20.8 Å². The Labute approximate surface area is 88.1 Å². The molecule has 1 aromatic carbocycles. The molecule has 0 saturated heterocycles. The summed E-state index contributed by atoms with van der Waals surface area (Å²) in [7, 11) is 0. The van der Waals surface area contributed by atoms with Gasteiger partial charge in [0.1, 0.15) is 17.4 Å². The lowest BCUT2D eigenvalue weighted by Crippen LogP contribution is -2.16. The Kier molecular flexibility index (Phi) is 3.56. The quantitative estimate of drug-likeness (QED) is 0.751. The molecule has 1 atom stereocenters. The molecule has 0 N–H and O–H groups in total. The van der Waals surface area contributed by atoms with Gasteiger partial charge in [-0.25, -0.2) is 8.78 Å². The molecule has 1 nitrogen and oxygen atoms in total. The average molecular weight is 212 g/mol. The third-order valence-electron chi connectivity index (χ3n) is 2.42. The number of benzene rings is 1. The first-order chi connectivity index (χ1) is 6.93. The summed E-state index contributed by atoms with van der Waals surface area (Å²) in [5, 5.41) is 0. The van der Waals surface area contributed by atoms with Crippen molar-refractivity contribution in [3.8, 4) is 0 Å². The highest BCUT2D eigenvalue weighted by Gasteiger charge is 2.21. The van der Waals surface area contributed by atoms with Gasteiger partial charge >= 0.3 is 0 Å². The Balaban J connectivity index is 3.01. The molecule has 0 bridgehead atoms. The molecule has 1 rings (SSSR count). The molecule has 15 heavy (non-hydrogen) atoms. The molecule has 0 aromatic heterocycles. The van der Waals surface area contributed by atoms with E-state index in [2.05, 4.69) is 0 Å². The largest absolute Gasteiger partial charge is 0.299 e. The zero-order chi connectivity index (χ0) is 11.6. The molecule has 0 aliphatic carbocycles. The molecule has 3 heteroatoms. The van der Waals surface area contributed by atoms with Crippen molar-refractivity contribution in [2.24, 2.45) is 5.92 Å². The second-order valence-electron chi connectivity index (χ2n) is 3.94. The summed E-state index contributed by atoms with van der Waals surface area (Å²) in [5.41, 5.74) is 0.259. The van der Waals surface area contributed by atoms with Crippen molar-refractivity contribution in [3.05, 3.63) is 35.4 Å². The number of carbonyl (C=O) groups is 1. The molecule has 82 valence electrons. The van der Waals surface area contributed by atoms with E-state index in [-0.39, 0.29) is 17.3 Å². The SMILES string of the molecule is CC(C)C(=O)C(C)c1ccc(F)cc1F. The predicted octanol–water partition coefficient (Wildman–Crippen LogP) is 3.29. The van der Waals surface area contributed by atoms with Crippen LogP contribution >= 0.6 is 0 Å². The van der Waals surface area contributed by atoms with Gasteiger partial charge in [0.15, 0.2) is 0 Å². The molecular formula is C12H14F2O. The van der Waals surface area contributed by atoms with E-state index in [4.69, 9.17) is 0 Å². The number of carbonyl (C=O) groups excluding carboxylic acids is 1. The first-order valence-electron chi connectivity index (χ1n) is 4.92. The van der Waals surface area contributed by atoms with Gasteiger partial charge in [0.25, 0.3) is 0 Å². The van der Waals surface area contributed by atoms with Crippen molar-refractivity contribution in [2.75, 3.05) is 0 Å². The predicted molar refractivity (Wildman–Crippen MR) is 54.6 cm³/mol. The first kappa shape index (κ1) is 11.8. The third-order valence-corrected chi connectivity index (χ3v) is 2.42. The first-order valence-corrected chi connectivity index (χ1v) is 4.92. The van der Waals surface area contributed by atoms with Gasteiger partial charge in [-0.1, -0.05) is 26.8 Å². The van der Waals surface area contributed by atoms with E-state index in [1.165, 1.54) is 12.1 Å². The smallest absolute Gasteiger partial charge is 0.142 e. The van der Waals surface area contributed by atoms with Crippen molar-refractivity contribution < 1.29 is 13.6 Å². The fourth-order valence-electron chi connectivity index (χ4n) is 1.51. The van der Waals surface area contributed by atoms with Gasteiger partial charge in [0.2, 0.25) is 0 Å². The summed E-state index contributed by atoms with van der Waals surface area (Å²) in [4.78, 5) is 11.6. The van der Waals surface area contributed by atoms with E-state index in [0.717, 1.165) is 6.07 Å². The van der Waals surface area contributed by atoms with Crippen LogP contribution in [0.25, 0.3) is 0 Å². The zero-order valence-corrected chi connectivity index (χ0v) is 9.05. The Morgan fingerprint density at radius 2 is 1.80 bits per heavy atom. The highest BCUT2D eigenvalue weighted by atomic mass is 19.1. The molecule has 1 aromatic rings. The summed E-state index contributed by atoms with van der Waals surface area (Å²) >= 11 is 0. The summed E-state index contributed by atoms with van der Waals surface area (Å²) in [6.45, 7) is 5.17. The van der Waals surface area contributed by atoms with Gasteiger partial charge in [-0.05, 0) is 11.6 Å². The van der Waals surface area contributed by atoms with Gasteiger partial charge in [-0.3, -0.25) is 4.79 Å². The lowest BCUT2D eigenvalue weighted by molar-refractivity contribution is -0.123. The monoisotopic (exact) mass is 212 g/mol. The van der Waals surface area contributed by atoms with Crippen LogP contribution in [0.5, 0.6) is 0 Å². The van der Waals surface area contributed by atoms with Gasteiger partial charge in [-0.15, -0.1) is 0 Å². The Hall–Kier alpha value is -1.25. The molecule has 0 radical (unpaired) electrons. The van der Waals surface area contributed by atoms with Gasteiger partial charge in [-0.2, -0.15) is 0 Å². The number of hydrogen-bond donors (Lipinski definition) is 0. The van der Waals surface area contributed by atoms with Crippen molar-refractivity contribution in [1.82, 2.24) is 0 Å². The maximum atomic E-state index is 13.3. The third kappa shape index (κ3) is 2.61. The fourth-order valence-corrected chi connectivity index (χ4v) is 1.51. The Morgan fingerprint density at radius 3 is 2.27 bits per heavy atom. The van der Waals surface area contributed by atoms with Crippen LogP contribution in [0.15, 0.2) is 18.2 Å². The number of hydrogen-bond acceptors (Lipinski definition) is 1. The van der Waals surface area contributed by atoms with E-state index in [0.29, 0.717) is 0 Å². The minimum absolute atomic E-state index is 0.0412. The normalized spacial score (nSPS) is 12.9. The van der Waals surface area contributed by atoms with Crippen LogP contribution in [0, 0.1) is 17.6 Å². The lowest BCUT2D eigenvalue weighted by Gasteiger charge is -2.13. The number of rotatable bonds is 3. The average Bonchev–Trinajstić information content (AvgIpc) is 2.15. The maximum Gasteiger partial charge on any atom is 0.142 e. The minimum Gasteiger partial charge on any atom is -0.299 e. The van der Waals surface area contributed by atoms with Crippen molar-refractivity contribution >= 4 is 5.78 Å². The van der Waals surface area contributed by atoms with E-state index in [1.807, 2.05) is 0 Å². The maximum absolute atomic E-state index is 13.3. The number of Topliss-reactive ketones (excluding diaryl/α,β-unsaturated/α-hetero) is 1. The van der Waals surface area contributed by atoms with Crippen LogP contribution in [0.1, 0.15) is 32.3 Å². The topological polar surface area (TPSA) is 17.1 Å². The second-order valence-corrected chi connectivity index (χ2v) is 3.94. The highest BCUT2D eigenvalue weighted by molar-refractivity contribution is 5.86. The number of halogens is 2. The van der Waals surface area contributed by atoms with Crippen LogP contribution < -0.4 is 0 Å². The van der Waals surface area contributed by atoms with Crippen LogP contribution in [-0.2, 0) is 4.79 Å². The standard InChI is InChI=1S/C12H14F2O/c1-7(2)12(15)8(3)10-5-4-9(13)6-11(10)14/h4-8H,1-3H3. The summed E-state index contributed by atoms with van der Waals surface area (Å²) in [6, 6.07) is 3.30. The Bertz CT molecular complexity index is 372. The fraction of sp³-hybridized carbons (Fsp3) is 0.417. The van der Waals surface area contributed by atoms with Gasteiger partial charge < -0.3 is 0 Å². The van der Waals surface area contributed by atoms with Gasteiger partial charge in [0.05, 0.1) is 0 Å². The second kappa shape index (κ2) is 4.51. The van der Waals surface area contributed by atoms with Crippen LogP contribution in [0.3, 0.4) is 0 Å². The van der Waals surface area contributed by atoms with Crippen molar-refractivity contribution in [1.29, 1.82) is 0 Å². The molecule has 0 spiro atoms.